The topological polar surface area (TPSA) is 0 Å². The molecule has 0 aromatic carbocycles. The maximum Gasteiger partial charge on any atom is 0.0151 e. The van der Waals surface area contributed by atoms with Gasteiger partial charge in [0.2, 0.25) is 0 Å². The fraction of sp³-hybridized carbons (Fsp3) is 0.333. The summed E-state index contributed by atoms with van der Waals surface area (Å²) in [6, 6.07) is 0. The average molecular weight is 73.1 g/mol. The molecule has 0 spiro atoms. The lowest BCUT2D eigenvalue weighted by Crippen LogP contribution is -1.47. The molecule has 4 heavy (non-hydrogen) atoms. The van der Waals surface area contributed by atoms with Crippen LogP contribution in [0.3, 0.4) is 0 Å². The van der Waals surface area contributed by atoms with Crippen molar-refractivity contribution in [3.63, 3.8) is 0 Å². The average Bonchev–Trinajstić information content (AvgIpc) is 1.37. The highest BCUT2D eigenvalue weighted by Gasteiger charge is 1.47. The zero-order valence-electron chi connectivity index (χ0n) is 2.36. The summed E-state index contributed by atoms with van der Waals surface area (Å²) in [6.45, 7) is 3.28. The molecular weight excluding hydrogens is 68.1 g/mol. The Morgan fingerprint density at radius 1 is 2.00 bits per heavy atom. The van der Waals surface area contributed by atoms with Crippen LogP contribution in [0, 0.1) is 6.08 Å². The summed E-state index contributed by atoms with van der Waals surface area (Å²) in [5.41, 5.74) is 0. The second kappa shape index (κ2) is 3.09. The second-order valence-electron chi connectivity index (χ2n) is 0.408. The van der Waals surface area contributed by atoms with E-state index in [1.165, 1.54) is 0 Å². The number of hydrogen-bond acceptors (Lipinski definition) is 1. The van der Waals surface area contributed by atoms with Crippen LogP contribution in [-0.4, -0.2) is 5.75 Å². The number of thiol groups is 1. The van der Waals surface area contributed by atoms with Crippen LogP contribution in [0.1, 0.15) is 0 Å². The van der Waals surface area contributed by atoms with Gasteiger partial charge in [0, 0.05) is 5.75 Å². The van der Waals surface area contributed by atoms with Crippen molar-refractivity contribution in [3.8, 4) is 0 Å². The summed E-state index contributed by atoms with van der Waals surface area (Å²) >= 11 is 3.75. The van der Waals surface area contributed by atoms with Crippen LogP contribution < -0.4 is 0 Å². The fourth-order valence-electron chi connectivity index (χ4n) is 0. The highest BCUT2D eigenvalue weighted by Crippen LogP contribution is 1.64. The predicted octanol–water partition coefficient (Wildman–Crippen LogP) is 0.905. The fourth-order valence-corrected chi connectivity index (χ4v) is 0. The van der Waals surface area contributed by atoms with Crippen molar-refractivity contribution in [2.45, 2.75) is 0 Å². The Morgan fingerprint density at radius 3 is 2.25 bits per heavy atom. The van der Waals surface area contributed by atoms with Gasteiger partial charge in [0.25, 0.3) is 0 Å². The minimum atomic E-state index is 0.653. The molecule has 0 unspecified atom stereocenters. The van der Waals surface area contributed by atoms with E-state index in [-0.39, 0.29) is 0 Å². The van der Waals surface area contributed by atoms with E-state index in [0.29, 0.717) is 5.75 Å². The molecule has 0 nitrogen and oxygen atoms in total. The monoisotopic (exact) mass is 73.0 g/mol. The van der Waals surface area contributed by atoms with Crippen LogP contribution in [0.5, 0.6) is 0 Å². The van der Waals surface area contributed by atoms with E-state index < -0.39 is 0 Å². The molecular formula is C3H5S. The van der Waals surface area contributed by atoms with E-state index in [0.717, 1.165) is 0 Å². The van der Waals surface area contributed by atoms with Crippen LogP contribution in [0.15, 0.2) is 6.58 Å². The van der Waals surface area contributed by atoms with Gasteiger partial charge in [-0.3, -0.25) is 0 Å². The third-order valence-corrected chi connectivity index (χ3v) is 0.335. The Balaban J connectivity index is 2.30. The van der Waals surface area contributed by atoms with Gasteiger partial charge in [-0.25, -0.2) is 0 Å². The standard InChI is InChI=1S/C3H5S/c1-2-3-4/h4H,1,3H2. The van der Waals surface area contributed by atoms with Gasteiger partial charge in [0.05, 0.1) is 0 Å². The molecule has 0 aliphatic rings. The second-order valence-corrected chi connectivity index (χ2v) is 0.724. The Labute approximate surface area is 31.9 Å². The summed E-state index contributed by atoms with van der Waals surface area (Å²) in [5.74, 6) is 0.653. The molecule has 0 aromatic heterocycles. The molecule has 0 N–H and O–H groups in total. The molecule has 0 aliphatic carbocycles. The van der Waals surface area contributed by atoms with Gasteiger partial charge >= 0.3 is 0 Å². The van der Waals surface area contributed by atoms with Crippen molar-refractivity contribution in [1.29, 1.82) is 0 Å². The normalized spacial score (nSPS) is 6.25. The largest absolute Gasteiger partial charge is 0.175 e. The lowest BCUT2D eigenvalue weighted by atomic mass is 10.8. The minimum absolute atomic E-state index is 0.653. The van der Waals surface area contributed by atoms with E-state index in [4.69, 9.17) is 0 Å². The van der Waals surface area contributed by atoms with E-state index >= 15 is 0 Å². The molecule has 0 saturated heterocycles. The third-order valence-electron chi connectivity index (χ3n) is 0.112. The van der Waals surface area contributed by atoms with Gasteiger partial charge < -0.3 is 0 Å². The third kappa shape index (κ3) is 2.09. The van der Waals surface area contributed by atoms with E-state index in [1.54, 1.807) is 0 Å². The number of hydrogen-bond donors (Lipinski definition) is 1. The first-order valence-corrected chi connectivity index (χ1v) is 1.66. The molecule has 0 heterocycles. The Morgan fingerprint density at radius 2 is 2.25 bits per heavy atom. The molecule has 0 aliphatic heterocycles. The van der Waals surface area contributed by atoms with Gasteiger partial charge in [0.1, 0.15) is 0 Å². The quantitative estimate of drug-likeness (QED) is 0.438. The summed E-state index contributed by atoms with van der Waals surface area (Å²) in [4.78, 5) is 0. The van der Waals surface area contributed by atoms with Crippen molar-refractivity contribution in [1.82, 2.24) is 0 Å². The zero-order valence-corrected chi connectivity index (χ0v) is 3.26. The van der Waals surface area contributed by atoms with Crippen molar-refractivity contribution in [2.24, 2.45) is 0 Å². The van der Waals surface area contributed by atoms with Crippen LogP contribution in [0.25, 0.3) is 0 Å². The minimum Gasteiger partial charge on any atom is -0.175 e. The Bertz CT molecular complexity index is 17.2. The van der Waals surface area contributed by atoms with Crippen LogP contribution in [-0.2, 0) is 0 Å². The van der Waals surface area contributed by atoms with Crippen molar-refractivity contribution in [3.05, 3.63) is 12.7 Å². The smallest absolute Gasteiger partial charge is 0.0151 e. The lowest BCUT2D eigenvalue weighted by molar-refractivity contribution is 1.75. The Hall–Kier alpha value is 0.0900. The molecule has 0 fully saturated rings. The Kier molecular flexibility index (Phi) is 3.16. The van der Waals surface area contributed by atoms with Gasteiger partial charge in [0.15, 0.2) is 0 Å². The summed E-state index contributed by atoms with van der Waals surface area (Å²) < 4.78 is 0. The maximum absolute atomic E-state index is 3.75. The summed E-state index contributed by atoms with van der Waals surface area (Å²) in [5, 5.41) is 0. The molecule has 0 aromatic rings. The van der Waals surface area contributed by atoms with Crippen LogP contribution in [0.4, 0.5) is 0 Å². The van der Waals surface area contributed by atoms with Crippen molar-refractivity contribution < 1.29 is 0 Å². The molecule has 1 heteroatoms. The molecule has 0 saturated carbocycles. The molecule has 0 atom stereocenters. The van der Waals surface area contributed by atoms with Gasteiger partial charge in [-0.15, -0.1) is 0 Å². The lowest BCUT2D eigenvalue weighted by Gasteiger charge is -1.56. The van der Waals surface area contributed by atoms with Crippen LogP contribution in [0.2, 0.25) is 0 Å². The maximum atomic E-state index is 3.75. The molecule has 23 valence electrons. The summed E-state index contributed by atoms with van der Waals surface area (Å²) in [6.07, 6.45) is 2.54. The summed E-state index contributed by atoms with van der Waals surface area (Å²) in [7, 11) is 0. The van der Waals surface area contributed by atoms with E-state index in [2.05, 4.69) is 25.3 Å². The highest BCUT2D eigenvalue weighted by molar-refractivity contribution is 7.80. The first-order valence-electron chi connectivity index (χ1n) is 1.02. The molecule has 1 radical (unpaired) electrons. The van der Waals surface area contributed by atoms with Crippen molar-refractivity contribution in [2.75, 3.05) is 5.75 Å². The SMILES string of the molecule is C=[C]CS. The number of rotatable bonds is 1. The first kappa shape index (κ1) is 4.09. The van der Waals surface area contributed by atoms with Gasteiger partial charge in [-0.1, -0.05) is 6.58 Å². The van der Waals surface area contributed by atoms with Gasteiger partial charge in [-0.05, 0) is 6.08 Å². The highest BCUT2D eigenvalue weighted by atomic mass is 32.1. The van der Waals surface area contributed by atoms with Crippen LogP contribution >= 0.6 is 12.6 Å². The first-order chi connectivity index (χ1) is 1.91. The van der Waals surface area contributed by atoms with Gasteiger partial charge in [-0.2, -0.15) is 12.6 Å². The van der Waals surface area contributed by atoms with E-state index in [9.17, 15) is 0 Å². The predicted molar refractivity (Wildman–Crippen MR) is 22.7 cm³/mol. The molecule has 0 amide bonds. The molecule has 0 rings (SSSR count). The zero-order chi connectivity index (χ0) is 3.41. The van der Waals surface area contributed by atoms with E-state index in [1.807, 2.05) is 0 Å². The van der Waals surface area contributed by atoms with Crippen molar-refractivity contribution >= 4 is 12.6 Å². The molecule has 0 bridgehead atoms.